The maximum atomic E-state index is 12.9. The van der Waals surface area contributed by atoms with Crippen LogP contribution in [-0.2, 0) is 10.0 Å². The van der Waals surface area contributed by atoms with Crippen LogP contribution in [0.25, 0.3) is 0 Å². The third-order valence-corrected chi connectivity index (χ3v) is 6.41. The minimum Gasteiger partial charge on any atom is -0.355 e. The van der Waals surface area contributed by atoms with Crippen molar-refractivity contribution in [2.45, 2.75) is 30.7 Å². The highest BCUT2D eigenvalue weighted by molar-refractivity contribution is 7.90. The maximum absolute atomic E-state index is 12.9. The lowest BCUT2D eigenvalue weighted by Crippen LogP contribution is -2.45. The van der Waals surface area contributed by atoms with Crippen LogP contribution >= 0.6 is 0 Å². The Balaban J connectivity index is 1.99. The number of aryl methyl sites for hydroxylation is 1. The van der Waals surface area contributed by atoms with Crippen molar-refractivity contribution in [2.75, 3.05) is 27.2 Å². The average Bonchev–Trinajstić information content (AvgIpc) is 2.67. The van der Waals surface area contributed by atoms with Gasteiger partial charge in [-0.2, -0.15) is 8.42 Å². The van der Waals surface area contributed by atoms with Gasteiger partial charge in [0, 0.05) is 18.7 Å². The van der Waals surface area contributed by atoms with Gasteiger partial charge in [-0.3, -0.25) is 0 Å². The summed E-state index contributed by atoms with van der Waals surface area (Å²) in [6.45, 7) is 3.94. The van der Waals surface area contributed by atoms with Crippen LogP contribution in [0.1, 0.15) is 24.0 Å². The van der Waals surface area contributed by atoms with Gasteiger partial charge in [0.05, 0.1) is 4.90 Å². The second-order valence-electron chi connectivity index (χ2n) is 7.21. The van der Waals surface area contributed by atoms with E-state index >= 15 is 0 Å². The summed E-state index contributed by atoms with van der Waals surface area (Å²) in [5, 5.41) is 0. The van der Waals surface area contributed by atoms with Gasteiger partial charge in [0.1, 0.15) is 5.84 Å². The van der Waals surface area contributed by atoms with Crippen molar-refractivity contribution >= 4 is 15.9 Å². The molecule has 0 unspecified atom stereocenters. The summed E-state index contributed by atoms with van der Waals surface area (Å²) in [5.74, 6) is 0.505. The molecule has 144 valence electrons. The van der Waals surface area contributed by atoms with Crippen LogP contribution in [0, 0.1) is 6.92 Å². The fourth-order valence-electron chi connectivity index (χ4n) is 3.34. The molecule has 0 aromatic heterocycles. The highest BCUT2D eigenvalue weighted by atomic mass is 32.2. The summed E-state index contributed by atoms with van der Waals surface area (Å²) >= 11 is 0. The molecule has 0 spiro atoms. The molecule has 27 heavy (non-hydrogen) atoms. The molecule has 0 amide bonds. The molecule has 5 nitrogen and oxygen atoms in total. The van der Waals surface area contributed by atoms with E-state index in [1.807, 2.05) is 49.2 Å². The summed E-state index contributed by atoms with van der Waals surface area (Å²) in [6, 6.07) is 16.7. The van der Waals surface area contributed by atoms with Crippen LogP contribution in [-0.4, -0.2) is 57.3 Å². The quantitative estimate of drug-likeness (QED) is 0.599. The Bertz CT molecular complexity index is 885. The first-order valence-corrected chi connectivity index (χ1v) is 10.7. The second kappa shape index (κ2) is 8.23. The van der Waals surface area contributed by atoms with Crippen LogP contribution in [0.5, 0.6) is 0 Å². The van der Waals surface area contributed by atoms with Gasteiger partial charge in [0.2, 0.25) is 0 Å². The topological polar surface area (TPSA) is 53.0 Å². The summed E-state index contributed by atoms with van der Waals surface area (Å²) in [6.07, 6.45) is 1.98. The molecule has 2 aromatic rings. The number of hydrogen-bond acceptors (Lipinski definition) is 3. The minimum atomic E-state index is -3.78. The number of likely N-dealkylation sites (tertiary alicyclic amines) is 1. The monoisotopic (exact) mass is 385 g/mol. The molecular weight excluding hydrogens is 358 g/mol. The van der Waals surface area contributed by atoms with Crippen molar-refractivity contribution in [1.82, 2.24) is 9.80 Å². The molecule has 0 bridgehead atoms. The van der Waals surface area contributed by atoms with E-state index < -0.39 is 10.0 Å². The van der Waals surface area contributed by atoms with Gasteiger partial charge >= 0.3 is 0 Å². The van der Waals surface area contributed by atoms with Gasteiger partial charge in [0.15, 0.2) is 0 Å². The van der Waals surface area contributed by atoms with Crippen LogP contribution < -0.4 is 0 Å². The number of amidine groups is 1. The highest BCUT2D eigenvalue weighted by Gasteiger charge is 2.25. The van der Waals surface area contributed by atoms with Crippen molar-refractivity contribution in [2.24, 2.45) is 4.40 Å². The molecule has 1 fully saturated rings. The highest BCUT2D eigenvalue weighted by Crippen LogP contribution is 2.20. The van der Waals surface area contributed by atoms with E-state index in [1.165, 1.54) is 0 Å². The Kier molecular flexibility index (Phi) is 5.97. The first-order valence-electron chi connectivity index (χ1n) is 9.25. The number of sulfonamides is 1. The van der Waals surface area contributed by atoms with Gasteiger partial charge < -0.3 is 9.80 Å². The van der Waals surface area contributed by atoms with Gasteiger partial charge in [-0.05, 0) is 52.0 Å². The van der Waals surface area contributed by atoms with Crippen molar-refractivity contribution in [3.8, 4) is 0 Å². The number of nitrogens with zero attached hydrogens (tertiary/aromatic N) is 3. The van der Waals surface area contributed by atoms with Crippen molar-refractivity contribution in [3.05, 3.63) is 65.7 Å². The molecule has 1 saturated heterocycles. The van der Waals surface area contributed by atoms with E-state index in [0.717, 1.165) is 37.1 Å². The predicted octanol–water partition coefficient (Wildman–Crippen LogP) is 3.16. The van der Waals surface area contributed by atoms with E-state index in [-0.39, 0.29) is 10.9 Å². The summed E-state index contributed by atoms with van der Waals surface area (Å²) in [5.41, 5.74) is 1.83. The lowest BCUT2D eigenvalue weighted by molar-refractivity contribution is 0.192. The van der Waals surface area contributed by atoms with Crippen LogP contribution in [0.4, 0.5) is 0 Å². The Labute approximate surface area is 162 Å². The van der Waals surface area contributed by atoms with Gasteiger partial charge in [-0.1, -0.05) is 48.0 Å². The molecule has 1 aliphatic heterocycles. The van der Waals surface area contributed by atoms with E-state index in [2.05, 4.69) is 16.3 Å². The molecule has 0 saturated carbocycles. The second-order valence-corrected chi connectivity index (χ2v) is 8.82. The van der Waals surface area contributed by atoms with Crippen molar-refractivity contribution in [3.63, 3.8) is 0 Å². The van der Waals surface area contributed by atoms with E-state index in [4.69, 9.17) is 0 Å². The van der Waals surface area contributed by atoms with Crippen LogP contribution in [0.3, 0.4) is 0 Å². The fraction of sp³-hybridized carbons (Fsp3) is 0.381. The van der Waals surface area contributed by atoms with Crippen LogP contribution in [0.15, 0.2) is 63.9 Å². The molecule has 0 aliphatic carbocycles. The minimum absolute atomic E-state index is 0.221. The summed E-state index contributed by atoms with van der Waals surface area (Å²) < 4.78 is 30.2. The maximum Gasteiger partial charge on any atom is 0.284 e. The molecule has 1 aliphatic rings. The van der Waals surface area contributed by atoms with E-state index in [0.29, 0.717) is 5.84 Å². The standard InChI is InChI=1S/C21H27N3O2S/c1-17-9-11-20(12-10-17)27(25,26)22-21(18-7-5-4-6-8-18)24(3)19-13-15-23(2)16-14-19/h4-12,19H,13-16H2,1-3H3/b22-21-. The smallest absolute Gasteiger partial charge is 0.284 e. The number of benzene rings is 2. The molecule has 0 radical (unpaired) electrons. The predicted molar refractivity (Wildman–Crippen MR) is 110 cm³/mol. The summed E-state index contributed by atoms with van der Waals surface area (Å²) in [4.78, 5) is 4.55. The average molecular weight is 386 g/mol. The van der Waals surface area contributed by atoms with E-state index in [1.54, 1.807) is 24.3 Å². The van der Waals surface area contributed by atoms with Crippen molar-refractivity contribution in [1.29, 1.82) is 0 Å². The van der Waals surface area contributed by atoms with Gasteiger partial charge in [-0.15, -0.1) is 4.40 Å². The molecule has 3 rings (SSSR count). The van der Waals surface area contributed by atoms with Gasteiger partial charge in [0.25, 0.3) is 10.0 Å². The Morgan fingerprint density at radius 3 is 2.22 bits per heavy atom. The first-order chi connectivity index (χ1) is 12.9. The fourth-order valence-corrected chi connectivity index (χ4v) is 4.39. The zero-order valence-corrected chi connectivity index (χ0v) is 17.0. The summed E-state index contributed by atoms with van der Waals surface area (Å²) in [7, 11) is 0.283. The molecule has 6 heteroatoms. The number of hydrogen-bond donors (Lipinski definition) is 0. The third-order valence-electron chi connectivity index (χ3n) is 5.13. The Morgan fingerprint density at radius 2 is 1.63 bits per heavy atom. The Morgan fingerprint density at radius 1 is 1.04 bits per heavy atom. The molecule has 0 atom stereocenters. The molecule has 1 heterocycles. The lowest BCUT2D eigenvalue weighted by Gasteiger charge is -2.36. The lowest BCUT2D eigenvalue weighted by atomic mass is 10.0. The normalized spacial score (nSPS) is 17.1. The molecule has 0 N–H and O–H groups in total. The Hall–Kier alpha value is -2.18. The van der Waals surface area contributed by atoms with Crippen LogP contribution in [0.2, 0.25) is 0 Å². The number of rotatable bonds is 4. The zero-order chi connectivity index (χ0) is 19.4. The molecule has 2 aromatic carbocycles. The molecular formula is C21H27N3O2S. The SMILES string of the molecule is Cc1ccc(S(=O)(=O)/N=C(/c2ccccc2)N(C)C2CCN(C)CC2)cc1. The van der Waals surface area contributed by atoms with Crippen molar-refractivity contribution < 1.29 is 8.42 Å². The third kappa shape index (κ3) is 4.76. The largest absolute Gasteiger partial charge is 0.355 e. The zero-order valence-electron chi connectivity index (χ0n) is 16.2. The number of piperidine rings is 1. The first kappa shape index (κ1) is 19.6. The van der Waals surface area contributed by atoms with Gasteiger partial charge in [-0.25, -0.2) is 0 Å². The van der Waals surface area contributed by atoms with E-state index in [9.17, 15) is 8.42 Å².